The molecule has 1 heterocycles. The molecule has 5 nitrogen and oxygen atoms in total. The van der Waals surface area contributed by atoms with Crippen molar-refractivity contribution >= 4 is 44.0 Å². The van der Waals surface area contributed by atoms with Crippen LogP contribution in [0.5, 0.6) is 0 Å². The fourth-order valence-electron chi connectivity index (χ4n) is 2.23. The minimum Gasteiger partial charge on any atom is -0.397 e. The Morgan fingerprint density at radius 3 is 2.45 bits per heavy atom. The molecule has 0 atom stereocenters. The molecular weight excluding hydrogens is 320 g/mol. The van der Waals surface area contributed by atoms with Gasteiger partial charge in [-0.15, -0.1) is 0 Å². The topological polar surface area (TPSA) is 77.0 Å². The maximum Gasteiger partial charge on any atom is 0.160 e. The maximum absolute atomic E-state index is 5.85. The molecule has 3 aromatic rings. The van der Waals surface area contributed by atoms with Gasteiger partial charge in [-0.25, -0.2) is 4.63 Å². The predicted octanol–water partition coefficient (Wildman–Crippen LogP) is 3.93. The molecule has 0 radical (unpaired) electrons. The summed E-state index contributed by atoms with van der Waals surface area (Å²) < 4.78 is 5.84. The summed E-state index contributed by atoms with van der Waals surface area (Å²) >= 11 is 3.49. The Balaban J connectivity index is 2.11. The van der Waals surface area contributed by atoms with E-state index in [1.807, 2.05) is 6.07 Å². The first-order chi connectivity index (χ1) is 9.56. The second-order valence-corrected chi connectivity index (χ2v) is 5.62. The van der Waals surface area contributed by atoms with Crippen molar-refractivity contribution < 1.29 is 4.63 Å². The highest BCUT2D eigenvalue weighted by Gasteiger charge is 2.12. The number of aromatic nitrogens is 2. The van der Waals surface area contributed by atoms with E-state index in [2.05, 4.69) is 57.5 Å². The van der Waals surface area contributed by atoms with Crippen molar-refractivity contribution in [2.24, 2.45) is 0 Å². The molecule has 0 aliphatic carbocycles. The number of hydrogen-bond donors (Lipinski definition) is 2. The zero-order chi connectivity index (χ0) is 14.3. The second-order valence-electron chi connectivity index (χ2n) is 4.70. The summed E-state index contributed by atoms with van der Waals surface area (Å²) in [7, 11) is 0. The number of fused-ring (bicyclic) bond motifs is 1. The number of nitrogens with one attached hydrogen (secondary N) is 1. The fourth-order valence-corrected chi connectivity index (χ4v) is 2.92. The highest BCUT2D eigenvalue weighted by atomic mass is 79.9. The lowest BCUT2D eigenvalue weighted by atomic mass is 10.1. The van der Waals surface area contributed by atoms with E-state index in [4.69, 9.17) is 10.4 Å². The Kier molecular flexibility index (Phi) is 3.10. The van der Waals surface area contributed by atoms with Crippen LogP contribution >= 0.6 is 15.9 Å². The van der Waals surface area contributed by atoms with Gasteiger partial charge < -0.3 is 11.1 Å². The van der Waals surface area contributed by atoms with Gasteiger partial charge in [0, 0.05) is 10.2 Å². The van der Waals surface area contributed by atoms with Crippen LogP contribution in [0.25, 0.3) is 11.0 Å². The van der Waals surface area contributed by atoms with Gasteiger partial charge in [-0.1, -0.05) is 15.9 Å². The highest BCUT2D eigenvalue weighted by Crippen LogP contribution is 2.32. The molecule has 20 heavy (non-hydrogen) atoms. The number of anilines is 3. The molecule has 0 aliphatic heterocycles. The smallest absolute Gasteiger partial charge is 0.160 e. The Bertz CT molecular complexity index is 774. The minimum absolute atomic E-state index is 0.552. The average molecular weight is 333 g/mol. The highest BCUT2D eigenvalue weighted by molar-refractivity contribution is 9.10. The first-order valence-electron chi connectivity index (χ1n) is 6.11. The second kappa shape index (κ2) is 4.79. The number of benzene rings is 2. The first-order valence-corrected chi connectivity index (χ1v) is 6.90. The third-order valence-electron chi connectivity index (χ3n) is 3.20. The van der Waals surface area contributed by atoms with E-state index in [9.17, 15) is 0 Å². The molecule has 102 valence electrons. The summed E-state index contributed by atoms with van der Waals surface area (Å²) in [6.07, 6.45) is 0. The van der Waals surface area contributed by atoms with Crippen molar-refractivity contribution in [3.05, 3.63) is 39.9 Å². The van der Waals surface area contributed by atoms with Crippen LogP contribution in [-0.4, -0.2) is 10.3 Å². The number of hydrogen-bond acceptors (Lipinski definition) is 5. The molecule has 0 saturated carbocycles. The number of aryl methyl sites for hydroxylation is 2. The van der Waals surface area contributed by atoms with Crippen molar-refractivity contribution in [1.29, 1.82) is 0 Å². The molecular formula is C14H13BrN4O. The Morgan fingerprint density at radius 2 is 1.75 bits per heavy atom. The zero-order valence-electron chi connectivity index (χ0n) is 11.1. The Labute approximate surface area is 124 Å². The van der Waals surface area contributed by atoms with Crippen molar-refractivity contribution in [1.82, 2.24) is 10.3 Å². The van der Waals surface area contributed by atoms with Gasteiger partial charge in [0.05, 0.1) is 11.4 Å². The van der Waals surface area contributed by atoms with E-state index in [1.165, 1.54) is 0 Å². The lowest BCUT2D eigenvalue weighted by Gasteiger charge is -2.13. The van der Waals surface area contributed by atoms with Crippen LogP contribution in [0.15, 0.2) is 33.4 Å². The summed E-state index contributed by atoms with van der Waals surface area (Å²) in [5.74, 6) is 0. The van der Waals surface area contributed by atoms with Gasteiger partial charge in [-0.05, 0) is 59.6 Å². The van der Waals surface area contributed by atoms with E-state index in [0.29, 0.717) is 16.7 Å². The van der Waals surface area contributed by atoms with Crippen LogP contribution < -0.4 is 11.1 Å². The largest absolute Gasteiger partial charge is 0.397 e. The maximum atomic E-state index is 5.85. The molecule has 0 spiro atoms. The molecule has 0 unspecified atom stereocenters. The van der Waals surface area contributed by atoms with Gasteiger partial charge in [-0.3, -0.25) is 0 Å². The quantitative estimate of drug-likeness (QED) is 0.695. The van der Waals surface area contributed by atoms with Gasteiger partial charge in [0.15, 0.2) is 11.0 Å². The lowest BCUT2D eigenvalue weighted by Crippen LogP contribution is -1.98. The van der Waals surface area contributed by atoms with Gasteiger partial charge in [0.1, 0.15) is 0 Å². The van der Waals surface area contributed by atoms with E-state index >= 15 is 0 Å². The van der Waals surface area contributed by atoms with Crippen LogP contribution in [0, 0.1) is 13.8 Å². The molecule has 0 saturated heterocycles. The molecule has 3 rings (SSSR count). The van der Waals surface area contributed by atoms with Crippen LogP contribution in [0.4, 0.5) is 17.1 Å². The van der Waals surface area contributed by atoms with E-state index in [0.717, 1.165) is 27.0 Å². The number of nitrogens with zero attached hydrogens (tertiary/aromatic N) is 2. The van der Waals surface area contributed by atoms with Gasteiger partial charge in [-0.2, -0.15) is 0 Å². The number of nitrogens with two attached hydrogens (primary N) is 1. The van der Waals surface area contributed by atoms with Crippen LogP contribution in [0.3, 0.4) is 0 Å². The van der Waals surface area contributed by atoms with Crippen molar-refractivity contribution in [2.75, 3.05) is 11.1 Å². The average Bonchev–Trinajstić information content (AvgIpc) is 2.86. The van der Waals surface area contributed by atoms with Gasteiger partial charge >= 0.3 is 0 Å². The third kappa shape index (κ3) is 2.12. The molecule has 1 aromatic heterocycles. The van der Waals surface area contributed by atoms with Crippen LogP contribution in [-0.2, 0) is 0 Å². The Hall–Kier alpha value is -2.08. The molecule has 0 aliphatic rings. The number of rotatable bonds is 2. The van der Waals surface area contributed by atoms with E-state index < -0.39 is 0 Å². The molecule has 0 fully saturated rings. The van der Waals surface area contributed by atoms with E-state index in [1.54, 1.807) is 6.07 Å². The van der Waals surface area contributed by atoms with Crippen LogP contribution in [0.2, 0.25) is 0 Å². The first kappa shape index (κ1) is 12.9. The number of halogens is 1. The van der Waals surface area contributed by atoms with Gasteiger partial charge in [0.2, 0.25) is 0 Å². The lowest BCUT2D eigenvalue weighted by molar-refractivity contribution is 0.316. The summed E-state index contributed by atoms with van der Waals surface area (Å²) in [5.41, 5.74) is 11.7. The zero-order valence-corrected chi connectivity index (χ0v) is 12.7. The minimum atomic E-state index is 0.552. The molecule has 3 N–H and O–H groups in total. The Morgan fingerprint density at radius 1 is 1.10 bits per heavy atom. The molecule has 0 bridgehead atoms. The standard InChI is InChI=1S/C14H13BrN4O/c1-7-5-9(15)6-8(2)12(7)17-11-4-3-10(16)13-14(11)19-20-18-13/h3-6,17H,16H2,1-2H3. The molecule has 0 amide bonds. The normalized spacial score (nSPS) is 10.9. The monoisotopic (exact) mass is 332 g/mol. The van der Waals surface area contributed by atoms with Gasteiger partial charge in [0.25, 0.3) is 0 Å². The van der Waals surface area contributed by atoms with Crippen molar-refractivity contribution in [3.63, 3.8) is 0 Å². The third-order valence-corrected chi connectivity index (χ3v) is 3.66. The summed E-state index contributed by atoms with van der Waals surface area (Å²) in [6.45, 7) is 4.10. The van der Waals surface area contributed by atoms with Crippen molar-refractivity contribution in [3.8, 4) is 0 Å². The molecule has 6 heteroatoms. The summed E-state index contributed by atoms with van der Waals surface area (Å²) in [5, 5.41) is 11.1. The van der Waals surface area contributed by atoms with E-state index in [-0.39, 0.29) is 0 Å². The SMILES string of the molecule is Cc1cc(Br)cc(C)c1Nc1ccc(N)c2nonc12. The van der Waals surface area contributed by atoms with Crippen molar-refractivity contribution in [2.45, 2.75) is 13.8 Å². The summed E-state index contributed by atoms with van der Waals surface area (Å²) in [6, 6.07) is 7.79. The van der Waals surface area contributed by atoms with Crippen LogP contribution in [0.1, 0.15) is 11.1 Å². The molecule has 2 aromatic carbocycles. The summed E-state index contributed by atoms with van der Waals surface area (Å²) in [4.78, 5) is 0. The fraction of sp³-hybridized carbons (Fsp3) is 0.143. The number of nitrogen functional groups attached to an aromatic ring is 1. The predicted molar refractivity (Wildman–Crippen MR) is 83.1 cm³/mol.